The lowest BCUT2D eigenvalue weighted by Crippen LogP contribution is -2.12. The molecule has 0 fully saturated rings. The van der Waals surface area contributed by atoms with E-state index in [1.54, 1.807) is 12.4 Å². The van der Waals surface area contributed by atoms with Crippen LogP contribution in [0.25, 0.3) is 10.9 Å². The van der Waals surface area contributed by atoms with Crippen LogP contribution in [0.2, 0.25) is 5.02 Å². The molecule has 1 aromatic carbocycles. The van der Waals surface area contributed by atoms with E-state index < -0.39 is 0 Å². The minimum atomic E-state index is -0.268. The molecule has 0 spiro atoms. The van der Waals surface area contributed by atoms with Crippen LogP contribution in [0.15, 0.2) is 29.3 Å². The van der Waals surface area contributed by atoms with Crippen LogP contribution in [0.5, 0.6) is 0 Å². The second-order valence-electron chi connectivity index (χ2n) is 2.97. The molecular weight excluding hydrogens is 200 g/mol. The molecule has 0 aliphatic carbocycles. The Kier molecular flexibility index (Phi) is 2.25. The van der Waals surface area contributed by atoms with Crippen LogP contribution in [0.4, 0.5) is 0 Å². The number of halogens is 1. The van der Waals surface area contributed by atoms with Gasteiger partial charge in [0.1, 0.15) is 0 Å². The van der Waals surface area contributed by atoms with Crippen LogP contribution in [0.3, 0.4) is 0 Å². The van der Waals surface area contributed by atoms with Gasteiger partial charge in [-0.1, -0.05) is 17.7 Å². The highest BCUT2D eigenvalue weighted by Crippen LogP contribution is 2.18. The molecule has 0 saturated carbocycles. The molecule has 1 aromatic heterocycles. The van der Waals surface area contributed by atoms with Crippen molar-refractivity contribution in [1.29, 1.82) is 0 Å². The lowest BCUT2D eigenvalue weighted by molar-refractivity contribution is 0.764. The van der Waals surface area contributed by atoms with E-state index in [-0.39, 0.29) is 5.56 Å². The first-order valence-corrected chi connectivity index (χ1v) is 4.75. The Hall–Kier alpha value is -1.35. The Bertz CT molecular complexity index is 533. The van der Waals surface area contributed by atoms with Gasteiger partial charge in [-0.05, 0) is 19.1 Å². The molecule has 2 aromatic rings. The highest BCUT2D eigenvalue weighted by atomic mass is 35.5. The average Bonchev–Trinajstić information content (AvgIpc) is 2.18. The van der Waals surface area contributed by atoms with E-state index in [1.165, 1.54) is 0 Å². The minimum absolute atomic E-state index is 0.268. The molecule has 0 atom stereocenters. The van der Waals surface area contributed by atoms with Crippen LogP contribution < -0.4 is 5.56 Å². The fourth-order valence-electron chi connectivity index (χ4n) is 1.46. The van der Waals surface area contributed by atoms with E-state index >= 15 is 0 Å². The Morgan fingerprint density at radius 3 is 3.00 bits per heavy atom. The predicted molar refractivity (Wildman–Crippen MR) is 56.7 cm³/mol. The Morgan fingerprint density at radius 1 is 1.50 bits per heavy atom. The number of nitrogens with zero attached hydrogens (tertiary/aromatic N) is 2. The van der Waals surface area contributed by atoms with Crippen LogP contribution in [0, 0.1) is 0 Å². The monoisotopic (exact) mass is 208 g/mol. The number of benzene rings is 1. The highest BCUT2D eigenvalue weighted by Gasteiger charge is 2.05. The van der Waals surface area contributed by atoms with E-state index in [0.717, 1.165) is 12.1 Å². The number of aryl methyl sites for hydroxylation is 1. The maximum absolute atomic E-state index is 11.5. The smallest absolute Gasteiger partial charge is 0.282 e. The van der Waals surface area contributed by atoms with Gasteiger partial charge in [-0.2, -0.15) is 4.98 Å². The molecule has 4 heteroatoms. The molecule has 0 saturated heterocycles. The third kappa shape index (κ3) is 1.30. The van der Waals surface area contributed by atoms with Gasteiger partial charge in [0.25, 0.3) is 5.56 Å². The standard InChI is InChI=1S/C10H9ClN2O/c1-2-13-6-12-10(14)9-7(11)4-3-5-8(9)13/h3-6H,2H2,1H3. The van der Waals surface area contributed by atoms with E-state index in [4.69, 9.17) is 11.6 Å². The van der Waals surface area contributed by atoms with Gasteiger partial charge in [0.15, 0.2) is 0 Å². The number of fused-ring (bicyclic) bond motifs is 1. The van der Waals surface area contributed by atoms with Gasteiger partial charge in [0.05, 0.1) is 22.3 Å². The zero-order valence-corrected chi connectivity index (χ0v) is 8.45. The molecule has 0 unspecified atom stereocenters. The first-order chi connectivity index (χ1) is 6.74. The number of hydrogen-bond acceptors (Lipinski definition) is 2. The SMILES string of the molecule is CCn1cnc(=O)c2c(Cl)cccc21. The van der Waals surface area contributed by atoms with Gasteiger partial charge >= 0.3 is 0 Å². The molecule has 0 radical (unpaired) electrons. The molecule has 14 heavy (non-hydrogen) atoms. The van der Waals surface area contributed by atoms with Crippen molar-refractivity contribution in [2.45, 2.75) is 13.5 Å². The summed E-state index contributed by atoms with van der Waals surface area (Å²) in [5, 5.41) is 0.960. The highest BCUT2D eigenvalue weighted by molar-refractivity contribution is 6.35. The molecule has 0 amide bonds. The van der Waals surface area contributed by atoms with E-state index in [2.05, 4.69) is 4.98 Å². The largest absolute Gasteiger partial charge is 0.332 e. The number of rotatable bonds is 1. The zero-order chi connectivity index (χ0) is 10.1. The fraction of sp³-hybridized carbons (Fsp3) is 0.200. The third-order valence-corrected chi connectivity index (χ3v) is 2.48. The van der Waals surface area contributed by atoms with Gasteiger partial charge in [-0.25, -0.2) is 0 Å². The predicted octanol–water partition coefficient (Wildman–Crippen LogP) is 2.07. The molecular formula is C10H9ClN2O. The number of hydrogen-bond donors (Lipinski definition) is 0. The molecule has 0 N–H and O–H groups in total. The average molecular weight is 209 g/mol. The molecule has 0 aliphatic rings. The first kappa shape index (κ1) is 9.21. The van der Waals surface area contributed by atoms with Crippen molar-refractivity contribution in [3.8, 4) is 0 Å². The summed E-state index contributed by atoms with van der Waals surface area (Å²) in [6, 6.07) is 5.40. The molecule has 0 aliphatic heterocycles. The van der Waals surface area contributed by atoms with Crippen molar-refractivity contribution in [2.24, 2.45) is 0 Å². The lowest BCUT2D eigenvalue weighted by atomic mass is 10.2. The van der Waals surface area contributed by atoms with Crippen molar-refractivity contribution in [3.63, 3.8) is 0 Å². The van der Waals surface area contributed by atoms with Crippen LogP contribution in [-0.2, 0) is 6.54 Å². The Morgan fingerprint density at radius 2 is 2.29 bits per heavy atom. The van der Waals surface area contributed by atoms with Crippen LogP contribution in [-0.4, -0.2) is 9.55 Å². The summed E-state index contributed by atoms with van der Waals surface area (Å²) < 4.78 is 1.89. The molecule has 1 heterocycles. The van der Waals surface area contributed by atoms with Gasteiger partial charge in [-0.15, -0.1) is 0 Å². The fourth-order valence-corrected chi connectivity index (χ4v) is 1.72. The molecule has 2 rings (SSSR count). The normalized spacial score (nSPS) is 10.7. The summed E-state index contributed by atoms with van der Waals surface area (Å²) in [5.74, 6) is 0. The van der Waals surface area contributed by atoms with E-state index in [0.29, 0.717) is 10.4 Å². The van der Waals surface area contributed by atoms with Gasteiger partial charge < -0.3 is 4.57 Å². The van der Waals surface area contributed by atoms with Gasteiger partial charge in [-0.3, -0.25) is 4.79 Å². The van der Waals surface area contributed by atoms with Crippen molar-refractivity contribution in [2.75, 3.05) is 0 Å². The number of aromatic nitrogens is 2. The molecule has 0 bridgehead atoms. The van der Waals surface area contributed by atoms with Crippen molar-refractivity contribution in [3.05, 3.63) is 39.9 Å². The third-order valence-electron chi connectivity index (χ3n) is 2.17. The van der Waals surface area contributed by atoms with Crippen LogP contribution >= 0.6 is 11.6 Å². The molecule has 3 nitrogen and oxygen atoms in total. The summed E-state index contributed by atoms with van der Waals surface area (Å²) >= 11 is 5.94. The summed E-state index contributed by atoms with van der Waals surface area (Å²) in [4.78, 5) is 15.2. The zero-order valence-electron chi connectivity index (χ0n) is 7.70. The van der Waals surface area contributed by atoms with Gasteiger partial charge in [0.2, 0.25) is 0 Å². The summed E-state index contributed by atoms with van der Waals surface area (Å²) in [6.45, 7) is 2.76. The maximum atomic E-state index is 11.5. The second-order valence-corrected chi connectivity index (χ2v) is 3.38. The minimum Gasteiger partial charge on any atom is -0.332 e. The summed E-state index contributed by atoms with van der Waals surface area (Å²) in [7, 11) is 0. The summed E-state index contributed by atoms with van der Waals surface area (Å²) in [6.07, 6.45) is 1.54. The maximum Gasteiger partial charge on any atom is 0.282 e. The molecule has 72 valence electrons. The second kappa shape index (κ2) is 3.42. The Labute approximate surface area is 86.0 Å². The quantitative estimate of drug-likeness (QED) is 0.719. The van der Waals surface area contributed by atoms with Crippen LogP contribution in [0.1, 0.15) is 6.92 Å². The van der Waals surface area contributed by atoms with Crippen molar-refractivity contribution < 1.29 is 0 Å². The van der Waals surface area contributed by atoms with Gasteiger partial charge in [0, 0.05) is 6.54 Å². The van der Waals surface area contributed by atoms with Crippen molar-refractivity contribution >= 4 is 22.5 Å². The lowest BCUT2D eigenvalue weighted by Gasteiger charge is -2.06. The van der Waals surface area contributed by atoms with Crippen molar-refractivity contribution in [1.82, 2.24) is 9.55 Å². The van der Waals surface area contributed by atoms with E-state index in [9.17, 15) is 4.79 Å². The Balaban J connectivity index is 2.99. The first-order valence-electron chi connectivity index (χ1n) is 4.37. The van der Waals surface area contributed by atoms with E-state index in [1.807, 2.05) is 23.6 Å². The summed E-state index contributed by atoms with van der Waals surface area (Å²) in [5.41, 5.74) is 0.565. The topological polar surface area (TPSA) is 34.9 Å².